The van der Waals surface area contributed by atoms with Crippen molar-refractivity contribution in [1.29, 1.82) is 0 Å². The maximum Gasteiger partial charge on any atom is 0.246 e. The molecule has 2 N–H and O–H groups in total. The summed E-state index contributed by atoms with van der Waals surface area (Å²) in [4.78, 5) is 11.7. The van der Waals surface area contributed by atoms with E-state index in [9.17, 15) is 9.18 Å². The summed E-state index contributed by atoms with van der Waals surface area (Å²) in [5, 5.41) is 17.0. The van der Waals surface area contributed by atoms with Gasteiger partial charge in [-0.15, -0.1) is 0 Å². The second-order valence-electron chi connectivity index (χ2n) is 7.56. The first-order valence-corrected chi connectivity index (χ1v) is 10.8. The van der Waals surface area contributed by atoms with E-state index in [0.29, 0.717) is 17.9 Å². The molecule has 0 aliphatic heterocycles. The average Bonchev–Trinajstić information content (AvgIpc) is 3.25. The number of fused-ring (bicyclic) bond motifs is 1. The van der Waals surface area contributed by atoms with Gasteiger partial charge in [0.05, 0.1) is 23.5 Å². The Morgan fingerprint density at radius 2 is 2.03 bits per heavy atom. The van der Waals surface area contributed by atoms with Gasteiger partial charge in [0, 0.05) is 5.39 Å². The number of carbonyl (C=O) groups excluding carboxylic acids is 1. The number of aromatic nitrogens is 2. The molecule has 0 aliphatic rings. The Morgan fingerprint density at radius 3 is 2.73 bits per heavy atom. The van der Waals surface area contributed by atoms with Crippen LogP contribution in [0, 0.1) is 0 Å². The third-order valence-electron chi connectivity index (χ3n) is 5.02. The van der Waals surface area contributed by atoms with Gasteiger partial charge >= 0.3 is 0 Å². The first kappa shape index (κ1) is 23.9. The number of hydrogen-bond acceptors (Lipinski definition) is 4. The summed E-state index contributed by atoms with van der Waals surface area (Å²) < 4.78 is 21.5. The molecule has 33 heavy (non-hydrogen) atoms. The first-order valence-electron chi connectivity index (χ1n) is 10.8. The van der Waals surface area contributed by atoms with Crippen LogP contribution in [-0.4, -0.2) is 33.4 Å². The van der Waals surface area contributed by atoms with E-state index in [2.05, 4.69) is 17.0 Å². The molecule has 2 atom stereocenters. The third kappa shape index (κ3) is 6.17. The number of benzene rings is 2. The molecule has 0 spiro atoms. The van der Waals surface area contributed by atoms with Crippen LogP contribution in [0.25, 0.3) is 16.6 Å². The van der Waals surface area contributed by atoms with E-state index < -0.39 is 18.6 Å². The number of halogens is 1. The molecule has 7 heteroatoms. The molecule has 1 unspecified atom stereocenters. The largest absolute Gasteiger partial charge is 0.484 e. The number of nitrogens with one attached hydrogen (secondary N) is 1. The van der Waals surface area contributed by atoms with Crippen LogP contribution in [0.1, 0.15) is 31.9 Å². The van der Waals surface area contributed by atoms with E-state index in [1.807, 2.05) is 62.4 Å². The molecule has 6 nitrogen and oxygen atoms in total. The van der Waals surface area contributed by atoms with Crippen molar-refractivity contribution in [2.24, 2.45) is 0 Å². The second kappa shape index (κ2) is 11.2. The highest BCUT2D eigenvalue weighted by molar-refractivity contribution is 5.84. The molecule has 0 saturated heterocycles. The van der Waals surface area contributed by atoms with Gasteiger partial charge in [-0.1, -0.05) is 43.8 Å². The topological polar surface area (TPSA) is 76.4 Å². The van der Waals surface area contributed by atoms with Gasteiger partial charge in [0.1, 0.15) is 24.3 Å². The summed E-state index contributed by atoms with van der Waals surface area (Å²) in [5.74, 6) is -0.195. The molecule has 0 bridgehead atoms. The Kier molecular flexibility index (Phi) is 8.16. The van der Waals surface area contributed by atoms with Crippen LogP contribution in [0.4, 0.5) is 4.39 Å². The van der Waals surface area contributed by atoms with Crippen molar-refractivity contribution in [3.63, 3.8) is 0 Å². The molecule has 1 aromatic heterocycles. The van der Waals surface area contributed by atoms with Gasteiger partial charge in [-0.2, -0.15) is 5.10 Å². The molecule has 3 aromatic rings. The van der Waals surface area contributed by atoms with Gasteiger partial charge in [0.25, 0.3) is 0 Å². The van der Waals surface area contributed by atoms with Crippen LogP contribution in [0.3, 0.4) is 0 Å². The van der Waals surface area contributed by atoms with Crippen molar-refractivity contribution in [1.82, 2.24) is 15.1 Å². The van der Waals surface area contributed by atoms with Crippen molar-refractivity contribution in [2.45, 2.75) is 32.4 Å². The molecule has 3 rings (SSSR count). The van der Waals surface area contributed by atoms with Crippen molar-refractivity contribution < 1.29 is 19.0 Å². The molecule has 0 fully saturated rings. The van der Waals surface area contributed by atoms with Gasteiger partial charge in [-0.05, 0) is 55.3 Å². The predicted octanol–water partition coefficient (Wildman–Crippen LogP) is 4.94. The molecule has 1 amide bonds. The molecular formula is C26H28FN3O3. The van der Waals surface area contributed by atoms with E-state index >= 15 is 0 Å². The molecular weight excluding hydrogens is 421 g/mol. The van der Waals surface area contributed by atoms with Crippen molar-refractivity contribution in [3.8, 4) is 5.75 Å². The monoisotopic (exact) mass is 449 g/mol. The number of hydrogen-bond donors (Lipinski definition) is 2. The lowest BCUT2D eigenvalue weighted by molar-refractivity contribution is -0.125. The van der Waals surface area contributed by atoms with E-state index in [1.54, 1.807) is 17.0 Å². The molecule has 0 saturated carbocycles. The van der Waals surface area contributed by atoms with Gasteiger partial charge in [-0.25, -0.2) is 9.07 Å². The van der Waals surface area contributed by atoms with E-state index in [-0.39, 0.29) is 11.9 Å². The Labute approximate surface area is 192 Å². The van der Waals surface area contributed by atoms with Crippen LogP contribution in [0.5, 0.6) is 5.75 Å². The number of ether oxygens (including phenoxy) is 1. The first-order chi connectivity index (χ1) is 15.9. The number of amides is 1. The summed E-state index contributed by atoms with van der Waals surface area (Å²) in [5.41, 5.74) is 2.22. The van der Waals surface area contributed by atoms with Gasteiger partial charge < -0.3 is 15.2 Å². The minimum absolute atomic E-state index is 0.319. The Hall–Kier alpha value is -3.71. The SMILES string of the molecule is C=C(/C=C\C(F)=C/CC)n1ncc2cc(O[C@H](c3ccccc3)C(C)NC(=O)CO)ccc21. The highest BCUT2D eigenvalue weighted by Gasteiger charge is 2.23. The van der Waals surface area contributed by atoms with E-state index in [1.165, 1.54) is 12.2 Å². The Morgan fingerprint density at radius 1 is 1.27 bits per heavy atom. The second-order valence-corrected chi connectivity index (χ2v) is 7.56. The van der Waals surface area contributed by atoms with Crippen molar-refractivity contribution in [3.05, 3.63) is 90.9 Å². The minimum atomic E-state index is -0.590. The number of aliphatic hydroxyl groups is 1. The van der Waals surface area contributed by atoms with Crippen LogP contribution in [0.15, 0.2) is 85.4 Å². The molecule has 0 radical (unpaired) electrons. The molecule has 172 valence electrons. The van der Waals surface area contributed by atoms with Crippen molar-refractivity contribution >= 4 is 22.5 Å². The third-order valence-corrected chi connectivity index (χ3v) is 5.02. The van der Waals surface area contributed by atoms with Crippen LogP contribution in [0.2, 0.25) is 0 Å². The van der Waals surface area contributed by atoms with Crippen LogP contribution < -0.4 is 10.1 Å². The smallest absolute Gasteiger partial charge is 0.246 e. The van der Waals surface area contributed by atoms with Crippen LogP contribution in [-0.2, 0) is 4.79 Å². The Balaban J connectivity index is 1.85. The average molecular weight is 450 g/mol. The zero-order valence-electron chi connectivity index (χ0n) is 18.7. The Bertz CT molecular complexity index is 1170. The zero-order chi connectivity index (χ0) is 23.8. The summed E-state index contributed by atoms with van der Waals surface area (Å²) >= 11 is 0. The highest BCUT2D eigenvalue weighted by atomic mass is 19.1. The maximum absolute atomic E-state index is 13.6. The number of rotatable bonds is 10. The molecule has 1 heterocycles. The number of allylic oxidation sites excluding steroid dienone is 5. The van der Waals surface area contributed by atoms with Gasteiger partial charge in [0.2, 0.25) is 5.91 Å². The minimum Gasteiger partial charge on any atom is -0.484 e. The highest BCUT2D eigenvalue weighted by Crippen LogP contribution is 2.29. The zero-order valence-corrected chi connectivity index (χ0v) is 18.7. The van der Waals surface area contributed by atoms with E-state index in [0.717, 1.165) is 16.5 Å². The summed E-state index contributed by atoms with van der Waals surface area (Å²) in [6.07, 6.45) is 6.26. The fourth-order valence-corrected chi connectivity index (χ4v) is 3.45. The summed E-state index contributed by atoms with van der Waals surface area (Å²) in [6.45, 7) is 7.08. The molecule has 2 aromatic carbocycles. The quantitative estimate of drug-likeness (QED) is 0.430. The van der Waals surface area contributed by atoms with E-state index in [4.69, 9.17) is 9.84 Å². The number of carbonyl (C=O) groups is 1. The number of nitrogens with zero attached hydrogens (tertiary/aromatic N) is 2. The predicted molar refractivity (Wildman–Crippen MR) is 128 cm³/mol. The fourth-order valence-electron chi connectivity index (χ4n) is 3.45. The lowest BCUT2D eigenvalue weighted by Crippen LogP contribution is -2.40. The standard InChI is InChI=1S/C26H28FN3O3/c1-4-8-22(27)12-11-18(2)30-24-14-13-23(15-21(24)16-28-30)33-26(19(3)29-25(32)17-31)20-9-6-5-7-10-20/h5-16,19,26,31H,2,4,17H2,1,3H3,(H,29,32)/b12-11-,22-8+/t19?,26-/m0/s1. The fraction of sp³-hybridized carbons (Fsp3) is 0.231. The van der Waals surface area contributed by atoms with Gasteiger partial charge in [0.15, 0.2) is 0 Å². The van der Waals surface area contributed by atoms with Crippen LogP contribution >= 0.6 is 0 Å². The van der Waals surface area contributed by atoms with Gasteiger partial charge in [-0.3, -0.25) is 4.79 Å². The van der Waals surface area contributed by atoms with Crippen molar-refractivity contribution in [2.75, 3.05) is 6.61 Å². The summed E-state index contributed by atoms with van der Waals surface area (Å²) in [7, 11) is 0. The molecule has 0 aliphatic carbocycles. The summed E-state index contributed by atoms with van der Waals surface area (Å²) in [6, 6.07) is 14.7. The normalized spacial score (nSPS) is 13.8. The lowest BCUT2D eigenvalue weighted by atomic mass is 10.0. The maximum atomic E-state index is 13.6. The number of aliphatic hydroxyl groups excluding tert-OH is 1. The lowest BCUT2D eigenvalue weighted by Gasteiger charge is -2.26.